The van der Waals surface area contributed by atoms with Gasteiger partial charge in [0.25, 0.3) is 0 Å². The van der Waals surface area contributed by atoms with Crippen LogP contribution in [0.2, 0.25) is 0 Å². The second-order valence-corrected chi connectivity index (χ2v) is 4.62. The highest BCUT2D eigenvalue weighted by atomic mass is 79.9. The fraction of sp³-hybridized carbons (Fsp3) is 0.250. The lowest BCUT2D eigenvalue weighted by molar-refractivity contribution is 0.511. The van der Waals surface area contributed by atoms with Gasteiger partial charge in [-0.2, -0.15) is 5.10 Å². The van der Waals surface area contributed by atoms with Crippen LogP contribution in [-0.2, 0) is 13.1 Å². The van der Waals surface area contributed by atoms with Gasteiger partial charge >= 0.3 is 0 Å². The number of nitrogens with zero attached hydrogens (tertiary/aromatic N) is 2. The Hall–Kier alpha value is -1.27. The molecule has 6 heteroatoms. The summed E-state index contributed by atoms with van der Waals surface area (Å²) in [6.45, 7) is 1.40. The maximum atomic E-state index is 13.6. The average Bonchev–Trinajstić information content (AvgIpc) is 2.86. The Bertz CT molecular complexity index is 514. The lowest BCUT2D eigenvalue weighted by atomic mass is 10.2. The Balaban J connectivity index is 1.88. The summed E-state index contributed by atoms with van der Waals surface area (Å²) >= 11 is 3.04. The topological polar surface area (TPSA) is 29.9 Å². The van der Waals surface area contributed by atoms with Gasteiger partial charge in [-0.15, -0.1) is 0 Å². The number of halogens is 3. The van der Waals surface area contributed by atoms with Crippen molar-refractivity contribution < 1.29 is 8.78 Å². The minimum absolute atomic E-state index is 0.0461. The molecule has 0 saturated carbocycles. The van der Waals surface area contributed by atoms with E-state index >= 15 is 0 Å². The molecule has 1 aromatic heterocycles. The maximum Gasteiger partial charge on any atom is 0.144 e. The first kappa shape index (κ1) is 13.2. The van der Waals surface area contributed by atoms with E-state index < -0.39 is 11.6 Å². The Labute approximate surface area is 112 Å². The van der Waals surface area contributed by atoms with Gasteiger partial charge in [-0.25, -0.2) is 8.78 Å². The molecule has 0 fully saturated rings. The second-order valence-electron chi connectivity index (χ2n) is 3.77. The quantitative estimate of drug-likeness (QED) is 0.679. The Morgan fingerprint density at radius 2 is 2.17 bits per heavy atom. The molecule has 1 N–H and O–H groups in total. The molecular formula is C12H12BrF2N3. The summed E-state index contributed by atoms with van der Waals surface area (Å²) < 4.78 is 29.1. The van der Waals surface area contributed by atoms with Crippen LogP contribution < -0.4 is 5.32 Å². The first-order valence-corrected chi connectivity index (χ1v) is 6.28. The molecular weight excluding hydrogens is 304 g/mol. The lowest BCUT2D eigenvalue weighted by Gasteiger charge is -2.08. The Kier molecular flexibility index (Phi) is 4.43. The number of rotatable bonds is 5. The summed E-state index contributed by atoms with van der Waals surface area (Å²) in [4.78, 5) is 0. The summed E-state index contributed by atoms with van der Waals surface area (Å²) in [5.41, 5.74) is 0.0461. The van der Waals surface area contributed by atoms with Crippen molar-refractivity contribution in [2.24, 2.45) is 0 Å². The summed E-state index contributed by atoms with van der Waals surface area (Å²) in [7, 11) is 0. The van der Waals surface area contributed by atoms with Crippen LogP contribution in [0.1, 0.15) is 5.56 Å². The number of aromatic nitrogens is 2. The molecule has 2 rings (SSSR count). The van der Waals surface area contributed by atoms with Crippen LogP contribution in [0, 0.1) is 11.6 Å². The van der Waals surface area contributed by atoms with Gasteiger partial charge in [0.2, 0.25) is 0 Å². The van der Waals surface area contributed by atoms with E-state index in [1.807, 2.05) is 12.3 Å². The SMILES string of the molecule is Fc1ccc(Br)c(F)c1CNCCn1cccn1. The Morgan fingerprint density at radius 3 is 2.89 bits per heavy atom. The van der Waals surface area contributed by atoms with Crippen molar-refractivity contribution in [3.63, 3.8) is 0 Å². The number of nitrogens with one attached hydrogen (secondary N) is 1. The molecule has 1 aromatic carbocycles. The van der Waals surface area contributed by atoms with Gasteiger partial charge in [-0.3, -0.25) is 4.68 Å². The maximum absolute atomic E-state index is 13.6. The molecule has 0 radical (unpaired) electrons. The fourth-order valence-corrected chi connectivity index (χ4v) is 1.94. The van der Waals surface area contributed by atoms with Crippen LogP contribution in [0.4, 0.5) is 8.78 Å². The van der Waals surface area contributed by atoms with E-state index in [2.05, 4.69) is 26.3 Å². The smallest absolute Gasteiger partial charge is 0.144 e. The van der Waals surface area contributed by atoms with Crippen LogP contribution in [-0.4, -0.2) is 16.3 Å². The molecule has 3 nitrogen and oxygen atoms in total. The molecule has 1 heterocycles. The van der Waals surface area contributed by atoms with Crippen LogP contribution >= 0.6 is 15.9 Å². The molecule has 0 unspecified atom stereocenters. The number of hydrogen-bond donors (Lipinski definition) is 1. The summed E-state index contributed by atoms with van der Waals surface area (Å²) in [6.07, 6.45) is 3.52. The lowest BCUT2D eigenvalue weighted by Crippen LogP contribution is -2.21. The van der Waals surface area contributed by atoms with Crippen LogP contribution in [0.3, 0.4) is 0 Å². The fourth-order valence-electron chi connectivity index (χ4n) is 1.57. The van der Waals surface area contributed by atoms with E-state index in [-0.39, 0.29) is 16.6 Å². The molecule has 18 heavy (non-hydrogen) atoms. The van der Waals surface area contributed by atoms with Crippen molar-refractivity contribution in [3.05, 3.63) is 52.3 Å². The van der Waals surface area contributed by atoms with Gasteiger partial charge in [-0.1, -0.05) is 0 Å². The van der Waals surface area contributed by atoms with Crippen LogP contribution in [0.15, 0.2) is 35.1 Å². The number of benzene rings is 1. The molecule has 0 amide bonds. The highest BCUT2D eigenvalue weighted by Crippen LogP contribution is 2.21. The minimum Gasteiger partial charge on any atom is -0.311 e. The van der Waals surface area contributed by atoms with Gasteiger partial charge in [0.05, 0.1) is 11.0 Å². The van der Waals surface area contributed by atoms with E-state index in [9.17, 15) is 8.78 Å². The van der Waals surface area contributed by atoms with E-state index in [0.29, 0.717) is 13.1 Å². The minimum atomic E-state index is -0.554. The summed E-state index contributed by atoms with van der Waals surface area (Å²) in [5, 5.41) is 7.02. The molecule has 0 aliphatic carbocycles. The zero-order valence-corrected chi connectivity index (χ0v) is 11.1. The third kappa shape index (κ3) is 3.14. The van der Waals surface area contributed by atoms with Gasteiger partial charge in [0.1, 0.15) is 11.6 Å². The standard InChI is InChI=1S/C12H12BrF2N3/c13-10-2-3-11(14)9(12(10)15)8-16-5-7-18-6-1-4-17-18/h1-4,6,16H,5,7-8H2. The van der Waals surface area contributed by atoms with Crippen molar-refractivity contribution >= 4 is 15.9 Å². The molecule has 0 spiro atoms. The van der Waals surface area contributed by atoms with Gasteiger partial charge in [0, 0.05) is 31.0 Å². The highest BCUT2D eigenvalue weighted by Gasteiger charge is 2.11. The normalized spacial score (nSPS) is 10.8. The molecule has 0 aliphatic heterocycles. The van der Waals surface area contributed by atoms with Crippen molar-refractivity contribution in [2.75, 3.05) is 6.54 Å². The molecule has 0 saturated heterocycles. The second kappa shape index (κ2) is 6.06. The van der Waals surface area contributed by atoms with E-state index in [4.69, 9.17) is 0 Å². The van der Waals surface area contributed by atoms with Crippen molar-refractivity contribution in [1.29, 1.82) is 0 Å². The molecule has 96 valence electrons. The predicted molar refractivity (Wildman–Crippen MR) is 68.0 cm³/mol. The molecule has 0 bridgehead atoms. The zero-order valence-electron chi connectivity index (χ0n) is 9.54. The van der Waals surface area contributed by atoms with Gasteiger partial charge < -0.3 is 5.32 Å². The van der Waals surface area contributed by atoms with E-state index in [1.54, 1.807) is 10.9 Å². The summed E-state index contributed by atoms with van der Waals surface area (Å²) in [5.74, 6) is -1.09. The zero-order chi connectivity index (χ0) is 13.0. The van der Waals surface area contributed by atoms with E-state index in [1.165, 1.54) is 12.1 Å². The van der Waals surface area contributed by atoms with Gasteiger partial charge in [-0.05, 0) is 34.1 Å². The van der Waals surface area contributed by atoms with Crippen LogP contribution in [0.5, 0.6) is 0 Å². The molecule has 0 aliphatic rings. The number of hydrogen-bond acceptors (Lipinski definition) is 2. The molecule has 2 aromatic rings. The van der Waals surface area contributed by atoms with Gasteiger partial charge in [0.15, 0.2) is 0 Å². The summed E-state index contributed by atoms with van der Waals surface area (Å²) in [6, 6.07) is 4.43. The van der Waals surface area contributed by atoms with E-state index in [0.717, 1.165) is 0 Å². The first-order chi connectivity index (χ1) is 8.68. The molecule has 0 atom stereocenters. The predicted octanol–water partition coefficient (Wildman–Crippen LogP) is 2.71. The Morgan fingerprint density at radius 1 is 1.33 bits per heavy atom. The van der Waals surface area contributed by atoms with Crippen molar-refractivity contribution in [1.82, 2.24) is 15.1 Å². The third-order valence-corrected chi connectivity index (χ3v) is 3.13. The van der Waals surface area contributed by atoms with Crippen molar-refractivity contribution in [3.8, 4) is 0 Å². The largest absolute Gasteiger partial charge is 0.311 e. The average molecular weight is 316 g/mol. The van der Waals surface area contributed by atoms with Crippen molar-refractivity contribution in [2.45, 2.75) is 13.1 Å². The third-order valence-electron chi connectivity index (χ3n) is 2.52. The van der Waals surface area contributed by atoms with Crippen LogP contribution in [0.25, 0.3) is 0 Å². The monoisotopic (exact) mass is 315 g/mol. The first-order valence-electron chi connectivity index (χ1n) is 5.49. The highest BCUT2D eigenvalue weighted by molar-refractivity contribution is 9.10.